The summed E-state index contributed by atoms with van der Waals surface area (Å²) in [6.45, 7) is 7.01. The monoisotopic (exact) mass is 203 g/mol. The SMILES string of the molecule is CCC(C)(C)c1ccccc1CN=C=O. The molecule has 0 unspecified atom stereocenters. The van der Waals surface area contributed by atoms with Crippen molar-refractivity contribution in [2.24, 2.45) is 4.99 Å². The fourth-order valence-electron chi connectivity index (χ4n) is 1.63. The molecule has 0 heterocycles. The van der Waals surface area contributed by atoms with E-state index in [1.165, 1.54) is 5.56 Å². The van der Waals surface area contributed by atoms with Crippen LogP contribution >= 0.6 is 0 Å². The lowest BCUT2D eigenvalue weighted by Gasteiger charge is -2.25. The number of hydrogen-bond donors (Lipinski definition) is 0. The van der Waals surface area contributed by atoms with Crippen LogP contribution in [-0.2, 0) is 16.8 Å². The summed E-state index contributed by atoms with van der Waals surface area (Å²) in [5.41, 5.74) is 2.52. The van der Waals surface area contributed by atoms with Gasteiger partial charge in [0, 0.05) is 0 Å². The van der Waals surface area contributed by atoms with Crippen molar-refractivity contribution in [3.05, 3.63) is 35.4 Å². The van der Waals surface area contributed by atoms with E-state index in [0.717, 1.165) is 12.0 Å². The quantitative estimate of drug-likeness (QED) is 0.545. The molecule has 0 saturated heterocycles. The van der Waals surface area contributed by atoms with E-state index in [9.17, 15) is 4.79 Å². The number of nitrogens with zero attached hydrogens (tertiary/aromatic N) is 1. The summed E-state index contributed by atoms with van der Waals surface area (Å²) in [7, 11) is 0. The highest BCUT2D eigenvalue weighted by Crippen LogP contribution is 2.29. The lowest BCUT2D eigenvalue weighted by atomic mass is 9.80. The van der Waals surface area contributed by atoms with E-state index >= 15 is 0 Å². The third-order valence-corrected chi connectivity index (χ3v) is 2.94. The van der Waals surface area contributed by atoms with Crippen molar-refractivity contribution in [2.75, 3.05) is 0 Å². The predicted octanol–water partition coefficient (Wildman–Crippen LogP) is 3.21. The minimum Gasteiger partial charge on any atom is -0.211 e. The molecule has 0 aromatic heterocycles. The Morgan fingerprint density at radius 2 is 2.00 bits per heavy atom. The van der Waals surface area contributed by atoms with Crippen LogP contribution < -0.4 is 0 Å². The van der Waals surface area contributed by atoms with E-state index in [0.29, 0.717) is 6.54 Å². The van der Waals surface area contributed by atoms with Crippen LogP contribution in [0.25, 0.3) is 0 Å². The number of isocyanates is 1. The Bertz CT molecular complexity index is 376. The normalized spacial score (nSPS) is 10.9. The van der Waals surface area contributed by atoms with Gasteiger partial charge in [-0.05, 0) is 23.0 Å². The summed E-state index contributed by atoms with van der Waals surface area (Å²) < 4.78 is 0. The van der Waals surface area contributed by atoms with Crippen molar-refractivity contribution in [1.82, 2.24) is 0 Å². The second-order valence-electron chi connectivity index (χ2n) is 4.30. The van der Waals surface area contributed by atoms with E-state index < -0.39 is 0 Å². The fraction of sp³-hybridized carbons (Fsp3) is 0.462. The Morgan fingerprint density at radius 1 is 1.33 bits per heavy atom. The molecule has 0 saturated carbocycles. The van der Waals surface area contributed by atoms with Crippen molar-refractivity contribution in [3.8, 4) is 0 Å². The molecule has 0 aliphatic rings. The molecule has 0 aliphatic heterocycles. The highest BCUT2D eigenvalue weighted by atomic mass is 16.1. The highest BCUT2D eigenvalue weighted by molar-refractivity contribution is 5.37. The maximum Gasteiger partial charge on any atom is 0.235 e. The Balaban J connectivity index is 3.11. The van der Waals surface area contributed by atoms with E-state index in [2.05, 4.69) is 31.8 Å². The maximum absolute atomic E-state index is 10.1. The molecule has 0 fully saturated rings. The second-order valence-corrected chi connectivity index (χ2v) is 4.30. The van der Waals surface area contributed by atoms with Gasteiger partial charge in [0.2, 0.25) is 6.08 Å². The van der Waals surface area contributed by atoms with Gasteiger partial charge in [-0.1, -0.05) is 45.0 Å². The lowest BCUT2D eigenvalue weighted by Crippen LogP contribution is -2.17. The van der Waals surface area contributed by atoms with Gasteiger partial charge in [-0.2, -0.15) is 0 Å². The summed E-state index contributed by atoms with van der Waals surface area (Å²) in [6.07, 6.45) is 2.65. The molecular formula is C13H17NO. The topological polar surface area (TPSA) is 29.4 Å². The van der Waals surface area contributed by atoms with Crippen LogP contribution in [0, 0.1) is 0 Å². The van der Waals surface area contributed by atoms with Crippen LogP contribution in [0.15, 0.2) is 29.3 Å². The molecule has 1 aromatic rings. The van der Waals surface area contributed by atoms with Crippen molar-refractivity contribution in [2.45, 2.75) is 39.2 Å². The molecule has 0 spiro atoms. The lowest BCUT2D eigenvalue weighted by molar-refractivity contribution is 0.501. The molecule has 15 heavy (non-hydrogen) atoms. The van der Waals surface area contributed by atoms with Gasteiger partial charge in [0.25, 0.3) is 0 Å². The van der Waals surface area contributed by atoms with Crippen LogP contribution in [0.3, 0.4) is 0 Å². The third kappa shape index (κ3) is 2.77. The Hall–Kier alpha value is -1.40. The standard InChI is InChI=1S/C13H17NO/c1-4-13(2,3)12-8-6-5-7-11(12)9-14-10-15/h5-8H,4,9H2,1-3H3. The molecule has 1 rings (SSSR count). The Kier molecular flexibility index (Phi) is 3.81. The highest BCUT2D eigenvalue weighted by Gasteiger charge is 2.20. The number of hydrogen-bond acceptors (Lipinski definition) is 2. The molecule has 1 aromatic carbocycles. The molecule has 0 aliphatic carbocycles. The zero-order valence-electron chi connectivity index (χ0n) is 9.58. The first-order chi connectivity index (χ1) is 7.11. The van der Waals surface area contributed by atoms with Crippen molar-refractivity contribution in [1.29, 1.82) is 0 Å². The van der Waals surface area contributed by atoms with Gasteiger partial charge in [-0.15, -0.1) is 0 Å². The van der Waals surface area contributed by atoms with E-state index in [1.807, 2.05) is 18.2 Å². The van der Waals surface area contributed by atoms with Crippen LogP contribution in [0.4, 0.5) is 0 Å². The van der Waals surface area contributed by atoms with Gasteiger partial charge in [0.05, 0.1) is 6.54 Å². The van der Waals surface area contributed by atoms with E-state index in [-0.39, 0.29) is 5.41 Å². The van der Waals surface area contributed by atoms with Gasteiger partial charge in [0.1, 0.15) is 0 Å². The van der Waals surface area contributed by atoms with Gasteiger partial charge >= 0.3 is 0 Å². The van der Waals surface area contributed by atoms with E-state index in [4.69, 9.17) is 0 Å². The second kappa shape index (κ2) is 4.90. The molecule has 0 bridgehead atoms. The van der Waals surface area contributed by atoms with E-state index in [1.54, 1.807) is 6.08 Å². The molecular weight excluding hydrogens is 186 g/mol. The van der Waals surface area contributed by atoms with Crippen molar-refractivity contribution >= 4 is 6.08 Å². The molecule has 80 valence electrons. The summed E-state index contributed by atoms with van der Waals surface area (Å²) >= 11 is 0. The van der Waals surface area contributed by atoms with Crippen molar-refractivity contribution < 1.29 is 4.79 Å². The Morgan fingerprint density at radius 3 is 2.60 bits per heavy atom. The molecule has 0 atom stereocenters. The molecule has 2 nitrogen and oxygen atoms in total. The summed E-state index contributed by atoms with van der Waals surface area (Å²) in [4.78, 5) is 13.8. The van der Waals surface area contributed by atoms with Crippen LogP contribution in [-0.4, -0.2) is 6.08 Å². The zero-order chi connectivity index (χ0) is 11.3. The first-order valence-electron chi connectivity index (χ1n) is 5.24. The zero-order valence-corrected chi connectivity index (χ0v) is 9.58. The molecule has 2 heteroatoms. The number of rotatable bonds is 4. The Labute approximate surface area is 91.0 Å². The van der Waals surface area contributed by atoms with Crippen LogP contribution in [0.5, 0.6) is 0 Å². The maximum atomic E-state index is 10.1. The summed E-state index contributed by atoms with van der Waals surface area (Å²) in [5, 5.41) is 0. The van der Waals surface area contributed by atoms with Gasteiger partial charge in [-0.25, -0.2) is 9.79 Å². The molecule has 0 radical (unpaired) electrons. The minimum absolute atomic E-state index is 0.134. The molecule has 0 N–H and O–H groups in total. The van der Waals surface area contributed by atoms with Gasteiger partial charge in [-0.3, -0.25) is 0 Å². The predicted molar refractivity (Wildman–Crippen MR) is 61.6 cm³/mol. The van der Waals surface area contributed by atoms with Crippen LogP contribution in [0.2, 0.25) is 0 Å². The first-order valence-corrected chi connectivity index (χ1v) is 5.24. The fourth-order valence-corrected chi connectivity index (χ4v) is 1.63. The van der Waals surface area contributed by atoms with Crippen molar-refractivity contribution in [3.63, 3.8) is 0 Å². The summed E-state index contributed by atoms with van der Waals surface area (Å²) in [5.74, 6) is 0. The summed E-state index contributed by atoms with van der Waals surface area (Å²) in [6, 6.07) is 8.14. The van der Waals surface area contributed by atoms with Crippen LogP contribution in [0.1, 0.15) is 38.3 Å². The first kappa shape index (κ1) is 11.7. The third-order valence-electron chi connectivity index (χ3n) is 2.94. The smallest absolute Gasteiger partial charge is 0.211 e. The largest absolute Gasteiger partial charge is 0.235 e. The number of aliphatic imine (C=N–C) groups is 1. The number of benzene rings is 1. The average molecular weight is 203 g/mol. The minimum atomic E-state index is 0.134. The van der Waals surface area contributed by atoms with Gasteiger partial charge in [0.15, 0.2) is 0 Å². The number of carbonyl (C=O) groups excluding carboxylic acids is 1. The van der Waals surface area contributed by atoms with Gasteiger partial charge < -0.3 is 0 Å². The molecule has 0 amide bonds. The average Bonchev–Trinajstić information content (AvgIpc) is 2.26.